The number of para-hydroxylation sites is 1. The summed E-state index contributed by atoms with van der Waals surface area (Å²) in [6.07, 6.45) is 0. The molecule has 0 bridgehead atoms. The summed E-state index contributed by atoms with van der Waals surface area (Å²) >= 11 is 9.51. The second kappa shape index (κ2) is 6.90. The zero-order chi connectivity index (χ0) is 17.0. The third-order valence-corrected chi connectivity index (χ3v) is 4.90. The van der Waals surface area contributed by atoms with E-state index in [1.165, 1.54) is 18.2 Å². The lowest BCUT2D eigenvalue weighted by molar-refractivity contribution is 0.596. The van der Waals surface area contributed by atoms with Crippen LogP contribution in [0.1, 0.15) is 0 Å². The van der Waals surface area contributed by atoms with E-state index in [1.807, 2.05) is 0 Å². The van der Waals surface area contributed by atoms with E-state index in [9.17, 15) is 8.42 Å². The number of hydrogen-bond acceptors (Lipinski definition) is 4. The third kappa shape index (κ3) is 4.15. The number of thiocarbonyl (C=S) groups is 2. The molecule has 0 aromatic heterocycles. The van der Waals surface area contributed by atoms with Gasteiger partial charge in [-0.3, -0.25) is 0 Å². The third-order valence-electron chi connectivity index (χ3n) is 2.87. The Hall–Kier alpha value is -2.23. The number of benzene rings is 2. The molecule has 0 spiro atoms. The number of anilines is 2. The van der Waals surface area contributed by atoms with Crippen molar-refractivity contribution in [3.63, 3.8) is 0 Å². The summed E-state index contributed by atoms with van der Waals surface area (Å²) in [6, 6.07) is 12.5. The monoisotopic (exact) mass is 366 g/mol. The highest BCUT2D eigenvalue weighted by Crippen LogP contribution is 2.28. The second-order valence-electron chi connectivity index (χ2n) is 4.50. The van der Waals surface area contributed by atoms with E-state index >= 15 is 0 Å². The van der Waals surface area contributed by atoms with Gasteiger partial charge in [0.25, 0.3) is 0 Å². The molecule has 0 heterocycles. The summed E-state index contributed by atoms with van der Waals surface area (Å²) in [5.41, 5.74) is 11.7. The molecule has 0 aliphatic heterocycles. The molecule has 2 aromatic carbocycles. The van der Waals surface area contributed by atoms with Crippen molar-refractivity contribution in [2.45, 2.75) is 9.79 Å². The molecule has 0 aliphatic rings. The molecule has 6 nitrogen and oxygen atoms in total. The average molecular weight is 366 g/mol. The van der Waals surface area contributed by atoms with Gasteiger partial charge in [0.15, 0.2) is 10.2 Å². The molecule has 0 aliphatic carbocycles. The molecule has 2 rings (SSSR count). The topological polar surface area (TPSA) is 110 Å². The molecule has 0 amide bonds. The van der Waals surface area contributed by atoms with Crippen LogP contribution in [0.15, 0.2) is 58.3 Å². The predicted molar refractivity (Wildman–Crippen MR) is 99.2 cm³/mol. The van der Waals surface area contributed by atoms with Crippen molar-refractivity contribution in [3.8, 4) is 0 Å². The van der Waals surface area contributed by atoms with Gasteiger partial charge < -0.3 is 22.1 Å². The molecule has 0 radical (unpaired) electrons. The minimum Gasteiger partial charge on any atom is -0.376 e. The quantitative estimate of drug-likeness (QED) is 0.607. The molecule has 9 heteroatoms. The molecule has 0 saturated heterocycles. The first kappa shape index (κ1) is 17.1. The lowest BCUT2D eigenvalue weighted by Gasteiger charge is -2.12. The van der Waals surface area contributed by atoms with Gasteiger partial charge in [-0.2, -0.15) is 0 Å². The molecule has 0 atom stereocenters. The standard InChI is InChI=1S/C14H14N4O2S3/c15-13(21)17-9-5-7-10(8-6-9)23(19,20)12-4-2-1-3-11(12)18-14(16)22/h1-8H,(H3,15,17,21)(H3,16,18,22). The molecule has 2 aromatic rings. The maximum atomic E-state index is 12.8. The van der Waals surface area contributed by atoms with Crippen LogP contribution in [0.5, 0.6) is 0 Å². The van der Waals surface area contributed by atoms with Crippen LogP contribution < -0.4 is 22.1 Å². The second-order valence-corrected chi connectivity index (χ2v) is 7.30. The zero-order valence-electron chi connectivity index (χ0n) is 11.8. The van der Waals surface area contributed by atoms with E-state index in [0.29, 0.717) is 11.4 Å². The first-order chi connectivity index (χ1) is 10.8. The Bertz CT molecular complexity index is 849. The van der Waals surface area contributed by atoms with Crippen LogP contribution in [-0.4, -0.2) is 18.6 Å². The Kier molecular flexibility index (Phi) is 5.14. The van der Waals surface area contributed by atoms with E-state index in [0.717, 1.165) is 0 Å². The van der Waals surface area contributed by atoms with Crippen LogP contribution in [0.2, 0.25) is 0 Å². The summed E-state index contributed by atoms with van der Waals surface area (Å²) < 4.78 is 25.5. The first-order valence-electron chi connectivity index (χ1n) is 6.38. The van der Waals surface area contributed by atoms with Gasteiger partial charge in [-0.25, -0.2) is 8.42 Å². The Balaban J connectivity index is 2.42. The molecule has 23 heavy (non-hydrogen) atoms. The number of rotatable bonds is 4. The molecular weight excluding hydrogens is 352 g/mol. The molecule has 0 unspecified atom stereocenters. The highest BCUT2D eigenvalue weighted by atomic mass is 32.2. The fourth-order valence-corrected chi connectivity index (χ4v) is 3.57. The average Bonchev–Trinajstić information content (AvgIpc) is 2.47. The van der Waals surface area contributed by atoms with E-state index < -0.39 is 9.84 Å². The van der Waals surface area contributed by atoms with Crippen molar-refractivity contribution in [1.29, 1.82) is 0 Å². The maximum absolute atomic E-state index is 12.8. The molecular formula is C14H14N4O2S3. The van der Waals surface area contributed by atoms with Crippen molar-refractivity contribution >= 4 is 55.9 Å². The number of sulfone groups is 1. The van der Waals surface area contributed by atoms with E-state index in [1.54, 1.807) is 30.3 Å². The van der Waals surface area contributed by atoms with E-state index in [4.69, 9.17) is 35.9 Å². The normalized spacial score (nSPS) is 10.8. The van der Waals surface area contributed by atoms with Gasteiger partial charge in [-0.05, 0) is 60.8 Å². The van der Waals surface area contributed by atoms with Gasteiger partial charge in [0.1, 0.15) is 0 Å². The first-order valence-corrected chi connectivity index (χ1v) is 8.68. The smallest absolute Gasteiger partial charge is 0.208 e. The number of hydrogen-bond donors (Lipinski definition) is 4. The Morgan fingerprint density at radius 2 is 1.43 bits per heavy atom. The van der Waals surface area contributed by atoms with Gasteiger partial charge in [-0.1, -0.05) is 12.1 Å². The summed E-state index contributed by atoms with van der Waals surface area (Å²) in [5, 5.41) is 5.49. The van der Waals surface area contributed by atoms with Crippen LogP contribution in [0, 0.1) is 0 Å². The van der Waals surface area contributed by atoms with Gasteiger partial charge in [0, 0.05) is 5.69 Å². The predicted octanol–water partition coefficient (Wildman–Crippen LogP) is 1.83. The minimum atomic E-state index is -3.73. The van der Waals surface area contributed by atoms with Crippen molar-refractivity contribution in [1.82, 2.24) is 0 Å². The Morgan fingerprint density at radius 1 is 0.870 bits per heavy atom. The molecule has 120 valence electrons. The fourth-order valence-electron chi connectivity index (χ4n) is 1.92. The number of nitrogens with one attached hydrogen (secondary N) is 2. The summed E-state index contributed by atoms with van der Waals surface area (Å²) in [7, 11) is -3.73. The van der Waals surface area contributed by atoms with Crippen LogP contribution in [0.4, 0.5) is 11.4 Å². The molecule has 0 saturated carbocycles. The van der Waals surface area contributed by atoms with Crippen molar-refractivity contribution in [2.24, 2.45) is 11.5 Å². The molecule has 0 fully saturated rings. The largest absolute Gasteiger partial charge is 0.376 e. The van der Waals surface area contributed by atoms with Crippen LogP contribution in [-0.2, 0) is 9.84 Å². The summed E-state index contributed by atoms with van der Waals surface area (Å²) in [6.45, 7) is 0. The summed E-state index contributed by atoms with van der Waals surface area (Å²) in [4.78, 5) is 0.214. The Morgan fingerprint density at radius 3 is 2.00 bits per heavy atom. The lowest BCUT2D eigenvalue weighted by Crippen LogP contribution is -2.20. The zero-order valence-corrected chi connectivity index (χ0v) is 14.3. The number of nitrogens with two attached hydrogens (primary N) is 2. The lowest BCUT2D eigenvalue weighted by atomic mass is 10.3. The molecule has 6 N–H and O–H groups in total. The van der Waals surface area contributed by atoms with Crippen molar-refractivity contribution in [2.75, 3.05) is 10.6 Å². The van der Waals surface area contributed by atoms with Gasteiger partial charge in [0.2, 0.25) is 9.84 Å². The van der Waals surface area contributed by atoms with Crippen LogP contribution >= 0.6 is 24.4 Å². The van der Waals surface area contributed by atoms with Gasteiger partial charge >= 0.3 is 0 Å². The van der Waals surface area contributed by atoms with Gasteiger partial charge in [-0.15, -0.1) is 0 Å². The fraction of sp³-hybridized carbons (Fsp3) is 0. The van der Waals surface area contributed by atoms with Crippen LogP contribution in [0.25, 0.3) is 0 Å². The van der Waals surface area contributed by atoms with Crippen molar-refractivity contribution < 1.29 is 8.42 Å². The highest BCUT2D eigenvalue weighted by molar-refractivity contribution is 7.91. The Labute approximate surface area is 144 Å². The van der Waals surface area contributed by atoms with Crippen LogP contribution in [0.3, 0.4) is 0 Å². The SMILES string of the molecule is NC(=S)Nc1ccc(S(=O)(=O)c2ccccc2NC(N)=S)cc1. The van der Waals surface area contributed by atoms with Gasteiger partial charge in [0.05, 0.1) is 15.5 Å². The maximum Gasteiger partial charge on any atom is 0.208 e. The summed E-state index contributed by atoms with van der Waals surface area (Å²) in [5.74, 6) is 0. The minimum absolute atomic E-state index is 0.0105. The van der Waals surface area contributed by atoms with E-state index in [-0.39, 0.29) is 20.0 Å². The van der Waals surface area contributed by atoms with Crippen molar-refractivity contribution in [3.05, 3.63) is 48.5 Å². The van der Waals surface area contributed by atoms with E-state index in [2.05, 4.69) is 10.6 Å². The highest BCUT2D eigenvalue weighted by Gasteiger charge is 2.21.